The summed E-state index contributed by atoms with van der Waals surface area (Å²) in [5, 5.41) is 2.68. The highest BCUT2D eigenvalue weighted by molar-refractivity contribution is 7.10. The van der Waals surface area contributed by atoms with Gasteiger partial charge in [0.05, 0.1) is 26.0 Å². The zero-order valence-corrected chi connectivity index (χ0v) is 22.4. The van der Waals surface area contributed by atoms with Gasteiger partial charge in [0.25, 0.3) is 5.91 Å². The molecule has 4 aromatic rings. The Morgan fingerprint density at radius 2 is 1.84 bits per heavy atom. The fraction of sp³-hybridized carbons (Fsp3) is 0.241. The van der Waals surface area contributed by atoms with Gasteiger partial charge in [0.15, 0.2) is 0 Å². The van der Waals surface area contributed by atoms with Crippen molar-refractivity contribution in [2.45, 2.75) is 19.0 Å². The summed E-state index contributed by atoms with van der Waals surface area (Å²) in [6, 6.07) is 19.4. The first-order chi connectivity index (χ1) is 18.5. The Labute approximate surface area is 230 Å². The van der Waals surface area contributed by atoms with Gasteiger partial charge in [-0.1, -0.05) is 11.6 Å². The van der Waals surface area contributed by atoms with E-state index in [0.717, 1.165) is 12.0 Å². The Morgan fingerprint density at radius 1 is 1.08 bits per heavy atom. The highest BCUT2D eigenvalue weighted by Gasteiger charge is 2.34. The van der Waals surface area contributed by atoms with E-state index < -0.39 is 0 Å². The van der Waals surface area contributed by atoms with Gasteiger partial charge in [-0.2, -0.15) is 0 Å². The third-order valence-electron chi connectivity index (χ3n) is 6.51. The largest absolute Gasteiger partial charge is 0.497 e. The summed E-state index contributed by atoms with van der Waals surface area (Å²) in [7, 11) is 1.57. The molecule has 0 saturated heterocycles. The number of hydrogen-bond acceptors (Lipinski definition) is 6. The van der Waals surface area contributed by atoms with Gasteiger partial charge in [-0.3, -0.25) is 9.59 Å². The predicted molar refractivity (Wildman–Crippen MR) is 146 cm³/mol. The second kappa shape index (κ2) is 11.8. The first-order valence-electron chi connectivity index (χ1n) is 12.2. The number of amides is 2. The Hall–Kier alpha value is -3.75. The quantitative estimate of drug-likeness (QED) is 0.261. The molecular weight excluding hydrogens is 524 g/mol. The number of halogens is 1. The zero-order valence-electron chi connectivity index (χ0n) is 20.8. The highest BCUT2D eigenvalue weighted by Crippen LogP contribution is 2.34. The van der Waals surface area contributed by atoms with Crippen molar-refractivity contribution in [3.63, 3.8) is 0 Å². The summed E-state index contributed by atoms with van der Waals surface area (Å²) in [5.41, 5.74) is 1.55. The number of thiophene rings is 1. The zero-order chi connectivity index (χ0) is 26.5. The Balaban J connectivity index is 1.36. The van der Waals surface area contributed by atoms with Gasteiger partial charge in [-0.15, -0.1) is 11.3 Å². The van der Waals surface area contributed by atoms with E-state index in [1.807, 2.05) is 22.4 Å². The molecule has 1 atom stereocenters. The van der Waals surface area contributed by atoms with Crippen LogP contribution in [0.25, 0.3) is 0 Å². The molecule has 1 aliphatic heterocycles. The summed E-state index contributed by atoms with van der Waals surface area (Å²) in [6.07, 6.45) is 2.32. The van der Waals surface area contributed by atoms with Crippen LogP contribution in [0.15, 0.2) is 82.8 Å². The maximum Gasteiger partial charge on any atom is 0.254 e. The standard InChI is InChI=1S/C29H27ClN2O5S/c1-35-22-8-4-20(5-9-22)29(34)31(17-24-3-2-15-36-24)18-28(33)32-14-12-27-25(13-16-38-27)26(32)19-37-23-10-6-21(30)7-11-23/h2-11,13,15-16,26H,12,14,17-19H2,1H3/t26-/m1/s1. The monoisotopic (exact) mass is 550 g/mol. The Bertz CT molecular complexity index is 1370. The van der Waals surface area contributed by atoms with E-state index >= 15 is 0 Å². The molecule has 0 unspecified atom stereocenters. The van der Waals surface area contributed by atoms with Crippen molar-refractivity contribution < 1.29 is 23.5 Å². The molecule has 1 aliphatic rings. The van der Waals surface area contributed by atoms with Gasteiger partial charge in [-0.25, -0.2) is 0 Å². The highest BCUT2D eigenvalue weighted by atomic mass is 35.5. The van der Waals surface area contributed by atoms with E-state index in [1.165, 1.54) is 9.78 Å². The summed E-state index contributed by atoms with van der Waals surface area (Å²) >= 11 is 7.70. The molecule has 3 heterocycles. The van der Waals surface area contributed by atoms with Gasteiger partial charge in [0.2, 0.25) is 5.91 Å². The van der Waals surface area contributed by atoms with Crippen LogP contribution in [0.5, 0.6) is 11.5 Å². The molecule has 0 radical (unpaired) electrons. The molecular formula is C29H27ClN2O5S. The van der Waals surface area contributed by atoms with Crippen LogP contribution < -0.4 is 9.47 Å². The number of methoxy groups -OCH3 is 1. The predicted octanol–water partition coefficient (Wildman–Crippen LogP) is 5.85. The first kappa shape index (κ1) is 25.9. The van der Waals surface area contributed by atoms with Crippen molar-refractivity contribution in [1.82, 2.24) is 9.80 Å². The lowest BCUT2D eigenvalue weighted by molar-refractivity contribution is -0.135. The molecule has 2 aromatic heterocycles. The number of nitrogens with zero attached hydrogens (tertiary/aromatic N) is 2. The van der Waals surface area contributed by atoms with E-state index in [4.69, 9.17) is 25.5 Å². The molecule has 5 rings (SSSR count). The van der Waals surface area contributed by atoms with Crippen LogP contribution in [0, 0.1) is 0 Å². The van der Waals surface area contributed by atoms with Gasteiger partial charge >= 0.3 is 0 Å². The minimum atomic E-state index is -0.269. The molecule has 0 aliphatic carbocycles. The van der Waals surface area contributed by atoms with Crippen LogP contribution in [-0.4, -0.2) is 48.4 Å². The Kier molecular flexibility index (Phi) is 8.00. The SMILES string of the molecule is COc1ccc(C(=O)N(CC(=O)N2CCc3sccc3[C@H]2COc2ccc(Cl)cc2)Cc2ccco2)cc1. The van der Waals surface area contributed by atoms with Crippen LogP contribution in [0.3, 0.4) is 0 Å². The number of ether oxygens (including phenoxy) is 2. The number of carbonyl (C=O) groups excluding carboxylic acids is 2. The van der Waals surface area contributed by atoms with Gasteiger partial charge in [0.1, 0.15) is 30.4 Å². The fourth-order valence-corrected chi connectivity index (χ4v) is 5.60. The molecule has 0 spiro atoms. The number of hydrogen-bond donors (Lipinski definition) is 0. The maximum atomic E-state index is 13.8. The third kappa shape index (κ3) is 5.87. The van der Waals surface area contributed by atoms with E-state index in [1.54, 1.807) is 73.2 Å². The number of furan rings is 1. The Morgan fingerprint density at radius 3 is 2.55 bits per heavy atom. The minimum absolute atomic E-state index is 0.0948. The molecule has 2 aromatic carbocycles. The van der Waals surface area contributed by atoms with Crippen LogP contribution in [0.4, 0.5) is 0 Å². The van der Waals surface area contributed by atoms with Gasteiger partial charge in [-0.05, 0) is 84.1 Å². The number of rotatable bonds is 9. The average Bonchev–Trinajstić information content (AvgIpc) is 3.64. The van der Waals surface area contributed by atoms with Crippen molar-refractivity contribution in [3.8, 4) is 11.5 Å². The lowest BCUT2D eigenvalue weighted by atomic mass is 10.0. The topological polar surface area (TPSA) is 72.2 Å². The molecule has 0 fully saturated rings. The van der Waals surface area contributed by atoms with Crippen molar-refractivity contribution in [3.05, 3.63) is 105 Å². The third-order valence-corrected chi connectivity index (χ3v) is 7.76. The summed E-state index contributed by atoms with van der Waals surface area (Å²) in [5.74, 6) is 1.51. The van der Waals surface area contributed by atoms with E-state index in [-0.39, 0.29) is 30.9 Å². The van der Waals surface area contributed by atoms with Crippen molar-refractivity contribution in [2.75, 3.05) is 26.8 Å². The number of carbonyl (C=O) groups is 2. The molecule has 2 amide bonds. The summed E-state index contributed by atoms with van der Waals surface area (Å²) in [6.45, 7) is 0.920. The number of benzene rings is 2. The second-order valence-corrected chi connectivity index (χ2v) is 10.3. The van der Waals surface area contributed by atoms with E-state index in [0.29, 0.717) is 41.0 Å². The molecule has 0 bridgehead atoms. The normalized spacial score (nSPS) is 14.6. The average molecular weight is 551 g/mol. The van der Waals surface area contributed by atoms with Crippen molar-refractivity contribution in [1.29, 1.82) is 0 Å². The molecule has 0 saturated carbocycles. The van der Waals surface area contributed by atoms with E-state index in [9.17, 15) is 9.59 Å². The minimum Gasteiger partial charge on any atom is -0.497 e. The lowest BCUT2D eigenvalue weighted by Crippen LogP contribution is -2.47. The van der Waals surface area contributed by atoms with Crippen LogP contribution in [-0.2, 0) is 17.8 Å². The summed E-state index contributed by atoms with van der Waals surface area (Å²) < 4.78 is 16.8. The molecule has 38 heavy (non-hydrogen) atoms. The summed E-state index contributed by atoms with van der Waals surface area (Å²) in [4.78, 5) is 31.9. The lowest BCUT2D eigenvalue weighted by Gasteiger charge is -2.37. The van der Waals surface area contributed by atoms with Gasteiger partial charge < -0.3 is 23.7 Å². The second-order valence-electron chi connectivity index (χ2n) is 8.89. The smallest absolute Gasteiger partial charge is 0.254 e. The van der Waals surface area contributed by atoms with Crippen LogP contribution in [0.1, 0.15) is 32.6 Å². The van der Waals surface area contributed by atoms with Crippen molar-refractivity contribution >= 4 is 34.8 Å². The molecule has 196 valence electrons. The van der Waals surface area contributed by atoms with Gasteiger partial charge in [0, 0.05) is 22.0 Å². The van der Waals surface area contributed by atoms with E-state index in [2.05, 4.69) is 6.07 Å². The molecule has 7 nitrogen and oxygen atoms in total. The van der Waals surface area contributed by atoms with Crippen LogP contribution >= 0.6 is 22.9 Å². The van der Waals surface area contributed by atoms with Crippen molar-refractivity contribution in [2.24, 2.45) is 0 Å². The van der Waals surface area contributed by atoms with Crippen LogP contribution in [0.2, 0.25) is 5.02 Å². The number of fused-ring (bicyclic) bond motifs is 1. The maximum absolute atomic E-state index is 13.8. The fourth-order valence-electron chi connectivity index (χ4n) is 4.54. The molecule has 0 N–H and O–H groups in total. The first-order valence-corrected chi connectivity index (χ1v) is 13.5. The molecule has 9 heteroatoms.